The Morgan fingerprint density at radius 3 is 3.20 bits per heavy atom. The smallest absolute Gasteiger partial charge is 0.257 e. The van der Waals surface area contributed by atoms with E-state index in [4.69, 9.17) is 0 Å². The largest absolute Gasteiger partial charge is 0.345 e. The number of carbonyl (C=O) groups excluding carboxylic acids is 1. The molecule has 3 heterocycles. The van der Waals surface area contributed by atoms with Crippen LogP contribution in [0.5, 0.6) is 0 Å². The first-order chi connectivity index (χ1) is 7.34. The first-order valence-electron chi connectivity index (χ1n) is 4.45. The topological polar surface area (TPSA) is 57.8 Å². The van der Waals surface area contributed by atoms with E-state index >= 15 is 0 Å². The summed E-state index contributed by atoms with van der Waals surface area (Å²) >= 11 is 1.53. The normalized spacial score (nSPS) is 16.8. The Morgan fingerprint density at radius 1 is 1.47 bits per heavy atom. The predicted octanol–water partition coefficient (Wildman–Crippen LogP) is 1.96. The van der Waals surface area contributed by atoms with Gasteiger partial charge in [0.15, 0.2) is 0 Å². The molecule has 15 heavy (non-hydrogen) atoms. The number of amides is 1. The second-order valence-electron chi connectivity index (χ2n) is 3.15. The van der Waals surface area contributed by atoms with Crippen LogP contribution in [0.1, 0.15) is 11.4 Å². The minimum Gasteiger partial charge on any atom is -0.345 e. The predicted molar refractivity (Wildman–Crippen MR) is 59.4 cm³/mol. The van der Waals surface area contributed by atoms with Crippen molar-refractivity contribution in [3.8, 4) is 0 Å². The molecule has 4 nitrogen and oxygen atoms in total. The quantitative estimate of drug-likeness (QED) is 0.717. The maximum absolute atomic E-state index is 11.6. The number of imidazole rings is 1. The second-order valence-corrected chi connectivity index (χ2v) is 4.07. The molecule has 74 valence electrons. The zero-order valence-electron chi connectivity index (χ0n) is 7.65. The highest BCUT2D eigenvalue weighted by Crippen LogP contribution is 2.36. The maximum atomic E-state index is 11.6. The van der Waals surface area contributed by atoms with Gasteiger partial charge in [-0.2, -0.15) is 0 Å². The first-order valence-corrected chi connectivity index (χ1v) is 5.33. The van der Waals surface area contributed by atoms with E-state index in [-0.39, 0.29) is 5.91 Å². The number of rotatable bonds is 1. The Labute approximate surface area is 89.7 Å². The number of hydrogen-bond donors (Lipinski definition) is 2. The molecule has 2 N–H and O–H groups in total. The average Bonchev–Trinajstić information content (AvgIpc) is 2.86. The molecular formula is C10H7N3OS. The SMILES string of the molecule is O=C1Nc2sccc2C1=Cc1ncc[nH]1. The van der Waals surface area contributed by atoms with Crippen molar-refractivity contribution in [3.63, 3.8) is 0 Å². The van der Waals surface area contributed by atoms with Gasteiger partial charge in [0, 0.05) is 18.0 Å². The lowest BCUT2D eigenvalue weighted by atomic mass is 10.1. The summed E-state index contributed by atoms with van der Waals surface area (Å²) in [5.41, 5.74) is 1.63. The van der Waals surface area contributed by atoms with Gasteiger partial charge < -0.3 is 10.3 Å². The number of carbonyl (C=O) groups is 1. The molecule has 0 radical (unpaired) electrons. The lowest BCUT2D eigenvalue weighted by Crippen LogP contribution is -2.03. The van der Waals surface area contributed by atoms with Crippen LogP contribution in [-0.4, -0.2) is 15.9 Å². The van der Waals surface area contributed by atoms with E-state index in [0.29, 0.717) is 11.4 Å². The molecule has 0 spiro atoms. The van der Waals surface area contributed by atoms with Crippen LogP contribution >= 0.6 is 11.3 Å². The van der Waals surface area contributed by atoms with E-state index in [9.17, 15) is 4.79 Å². The van der Waals surface area contributed by atoms with Gasteiger partial charge in [-0.1, -0.05) is 0 Å². The van der Waals surface area contributed by atoms with Crippen LogP contribution in [0, 0.1) is 0 Å². The van der Waals surface area contributed by atoms with E-state index < -0.39 is 0 Å². The van der Waals surface area contributed by atoms with Crippen molar-refractivity contribution >= 4 is 33.9 Å². The number of nitrogens with zero attached hydrogens (tertiary/aromatic N) is 1. The van der Waals surface area contributed by atoms with Gasteiger partial charge in [0.25, 0.3) is 5.91 Å². The van der Waals surface area contributed by atoms with Gasteiger partial charge in [-0.25, -0.2) is 4.98 Å². The summed E-state index contributed by atoms with van der Waals surface area (Å²) in [6.07, 6.45) is 5.15. The van der Waals surface area contributed by atoms with Gasteiger partial charge in [0.1, 0.15) is 10.8 Å². The van der Waals surface area contributed by atoms with Crippen molar-refractivity contribution in [3.05, 3.63) is 35.2 Å². The number of aromatic nitrogens is 2. The summed E-state index contributed by atoms with van der Waals surface area (Å²) in [7, 11) is 0. The van der Waals surface area contributed by atoms with Crippen molar-refractivity contribution in [1.82, 2.24) is 9.97 Å². The molecule has 5 heteroatoms. The Morgan fingerprint density at radius 2 is 2.40 bits per heavy atom. The molecule has 0 aliphatic carbocycles. The Bertz CT molecular complexity index is 539. The van der Waals surface area contributed by atoms with Crippen LogP contribution in [-0.2, 0) is 4.79 Å². The van der Waals surface area contributed by atoms with Gasteiger partial charge in [0.2, 0.25) is 0 Å². The molecule has 0 bridgehead atoms. The zero-order valence-corrected chi connectivity index (χ0v) is 8.47. The Balaban J connectivity index is 2.10. The summed E-state index contributed by atoms with van der Waals surface area (Å²) in [4.78, 5) is 18.6. The molecule has 1 amide bonds. The van der Waals surface area contributed by atoms with Gasteiger partial charge in [-0.3, -0.25) is 4.79 Å². The molecular weight excluding hydrogens is 210 g/mol. The van der Waals surface area contributed by atoms with Crippen molar-refractivity contribution in [2.75, 3.05) is 5.32 Å². The molecule has 0 saturated heterocycles. The third-order valence-corrected chi connectivity index (χ3v) is 3.06. The van der Waals surface area contributed by atoms with E-state index in [1.165, 1.54) is 11.3 Å². The number of anilines is 1. The van der Waals surface area contributed by atoms with Crippen molar-refractivity contribution in [2.24, 2.45) is 0 Å². The minimum absolute atomic E-state index is 0.0618. The Kier molecular flexibility index (Phi) is 1.72. The lowest BCUT2D eigenvalue weighted by Gasteiger charge is -1.92. The number of aromatic amines is 1. The van der Waals surface area contributed by atoms with Crippen LogP contribution in [0.25, 0.3) is 11.6 Å². The fourth-order valence-corrected chi connectivity index (χ4v) is 2.34. The van der Waals surface area contributed by atoms with E-state index in [2.05, 4.69) is 15.3 Å². The van der Waals surface area contributed by atoms with Crippen molar-refractivity contribution in [2.45, 2.75) is 0 Å². The lowest BCUT2D eigenvalue weighted by molar-refractivity contribution is -0.110. The van der Waals surface area contributed by atoms with Gasteiger partial charge in [-0.05, 0) is 17.5 Å². The highest BCUT2D eigenvalue weighted by Gasteiger charge is 2.25. The van der Waals surface area contributed by atoms with Crippen LogP contribution in [0.3, 0.4) is 0 Å². The summed E-state index contributed by atoms with van der Waals surface area (Å²) in [6.45, 7) is 0. The summed E-state index contributed by atoms with van der Waals surface area (Å²) in [5, 5.41) is 5.68. The highest BCUT2D eigenvalue weighted by atomic mass is 32.1. The third-order valence-electron chi connectivity index (χ3n) is 2.23. The molecule has 0 atom stereocenters. The molecule has 1 aliphatic heterocycles. The van der Waals surface area contributed by atoms with E-state index in [1.54, 1.807) is 18.5 Å². The Hall–Kier alpha value is -1.88. The number of nitrogens with one attached hydrogen (secondary N) is 2. The minimum atomic E-state index is -0.0618. The first kappa shape index (κ1) is 8.43. The standard InChI is InChI=1S/C10H7N3OS/c14-9-7(5-8-11-2-3-12-8)6-1-4-15-10(6)13-9/h1-5H,(H,11,12)(H,13,14). The summed E-state index contributed by atoms with van der Waals surface area (Å²) in [5.74, 6) is 0.632. The van der Waals surface area contributed by atoms with Crippen LogP contribution in [0.15, 0.2) is 23.8 Å². The van der Waals surface area contributed by atoms with E-state index in [0.717, 1.165) is 10.6 Å². The second kappa shape index (κ2) is 3.06. The maximum Gasteiger partial charge on any atom is 0.257 e. The van der Waals surface area contributed by atoms with Crippen molar-refractivity contribution in [1.29, 1.82) is 0 Å². The highest BCUT2D eigenvalue weighted by molar-refractivity contribution is 7.15. The molecule has 1 aliphatic rings. The molecule has 0 aromatic carbocycles. The monoisotopic (exact) mass is 217 g/mol. The number of thiophene rings is 1. The van der Waals surface area contributed by atoms with Gasteiger partial charge in [0.05, 0.1) is 5.57 Å². The van der Waals surface area contributed by atoms with Crippen LogP contribution in [0.2, 0.25) is 0 Å². The third kappa shape index (κ3) is 1.28. The molecule has 3 rings (SSSR count). The number of fused-ring (bicyclic) bond motifs is 1. The van der Waals surface area contributed by atoms with E-state index in [1.807, 2.05) is 11.4 Å². The fraction of sp³-hybridized carbons (Fsp3) is 0. The summed E-state index contributed by atoms with van der Waals surface area (Å²) in [6, 6.07) is 1.94. The van der Waals surface area contributed by atoms with Crippen molar-refractivity contribution < 1.29 is 4.79 Å². The molecule has 0 unspecified atom stereocenters. The van der Waals surface area contributed by atoms with Gasteiger partial charge >= 0.3 is 0 Å². The van der Waals surface area contributed by atoms with Crippen LogP contribution < -0.4 is 5.32 Å². The average molecular weight is 217 g/mol. The summed E-state index contributed by atoms with van der Waals surface area (Å²) < 4.78 is 0. The molecule has 2 aromatic rings. The number of hydrogen-bond acceptors (Lipinski definition) is 3. The molecule has 2 aromatic heterocycles. The van der Waals surface area contributed by atoms with Gasteiger partial charge in [-0.15, -0.1) is 11.3 Å². The zero-order chi connectivity index (χ0) is 10.3. The fourth-order valence-electron chi connectivity index (χ4n) is 1.55. The number of H-pyrrole nitrogens is 1. The molecule has 0 fully saturated rings. The molecule has 0 saturated carbocycles. The van der Waals surface area contributed by atoms with Crippen LogP contribution in [0.4, 0.5) is 5.00 Å².